The highest BCUT2D eigenvalue weighted by Gasteiger charge is 2.08. The number of pyridine rings is 1. The van der Waals surface area contributed by atoms with Crippen LogP contribution in [0.1, 0.15) is 12.0 Å². The molecule has 6 heteroatoms. The Morgan fingerprint density at radius 1 is 1.07 bits per heavy atom. The molecule has 142 valence electrons. The molecule has 0 saturated heterocycles. The summed E-state index contributed by atoms with van der Waals surface area (Å²) in [6, 6.07) is 13.7. The van der Waals surface area contributed by atoms with Gasteiger partial charge in [-0.15, -0.1) is 0 Å². The van der Waals surface area contributed by atoms with Crippen molar-refractivity contribution in [3.05, 3.63) is 77.0 Å². The molecular formula is C22H23N5O. The first-order chi connectivity index (χ1) is 13.6. The molecule has 4 aromatic rings. The first kappa shape index (κ1) is 18.0. The Labute approximate surface area is 163 Å². The summed E-state index contributed by atoms with van der Waals surface area (Å²) < 4.78 is 3.71. The first-order valence-corrected chi connectivity index (χ1v) is 9.39. The molecule has 0 aliphatic rings. The van der Waals surface area contributed by atoms with Gasteiger partial charge in [-0.3, -0.25) is 14.3 Å². The molecule has 0 bridgehead atoms. The number of anilines is 1. The monoisotopic (exact) mass is 373 g/mol. The van der Waals surface area contributed by atoms with Gasteiger partial charge in [0.05, 0.1) is 5.69 Å². The van der Waals surface area contributed by atoms with E-state index < -0.39 is 0 Å². The summed E-state index contributed by atoms with van der Waals surface area (Å²) in [6.07, 6.45) is 7.51. The average molecular weight is 373 g/mol. The summed E-state index contributed by atoms with van der Waals surface area (Å²) in [4.78, 5) is 20.9. The van der Waals surface area contributed by atoms with Crippen LogP contribution in [0.15, 0.2) is 65.8 Å². The van der Waals surface area contributed by atoms with Crippen LogP contribution in [0.3, 0.4) is 0 Å². The van der Waals surface area contributed by atoms with Crippen LogP contribution < -0.4 is 10.9 Å². The summed E-state index contributed by atoms with van der Waals surface area (Å²) >= 11 is 0. The molecule has 0 atom stereocenters. The number of hydrogen-bond acceptors (Lipinski definition) is 4. The lowest BCUT2D eigenvalue weighted by Gasteiger charge is -2.11. The minimum atomic E-state index is -0.0848. The van der Waals surface area contributed by atoms with Crippen molar-refractivity contribution in [3.63, 3.8) is 0 Å². The molecule has 0 aliphatic carbocycles. The second-order valence-corrected chi connectivity index (χ2v) is 6.91. The van der Waals surface area contributed by atoms with Crippen LogP contribution in [-0.2, 0) is 20.5 Å². The molecule has 0 unspecified atom stereocenters. The van der Waals surface area contributed by atoms with Gasteiger partial charge in [0.1, 0.15) is 0 Å². The van der Waals surface area contributed by atoms with E-state index in [9.17, 15) is 4.79 Å². The van der Waals surface area contributed by atoms with Crippen molar-refractivity contribution >= 4 is 16.9 Å². The SMILES string of the molecule is Cn1c(NCCCc2cn(C)c3ccccc23)nc(-c2ccncc2)cc1=O. The van der Waals surface area contributed by atoms with Gasteiger partial charge in [0, 0.05) is 61.8 Å². The van der Waals surface area contributed by atoms with E-state index in [1.807, 2.05) is 12.1 Å². The van der Waals surface area contributed by atoms with Crippen molar-refractivity contribution in [2.75, 3.05) is 11.9 Å². The van der Waals surface area contributed by atoms with Gasteiger partial charge in [0.15, 0.2) is 0 Å². The maximum absolute atomic E-state index is 12.3. The summed E-state index contributed by atoms with van der Waals surface area (Å²) in [7, 11) is 3.81. The van der Waals surface area contributed by atoms with Gasteiger partial charge in [-0.1, -0.05) is 18.2 Å². The number of fused-ring (bicyclic) bond motifs is 1. The van der Waals surface area contributed by atoms with Crippen LogP contribution in [0.5, 0.6) is 0 Å². The molecule has 0 aliphatic heterocycles. The zero-order chi connectivity index (χ0) is 19.5. The Hall–Kier alpha value is -3.41. The predicted octanol–water partition coefficient (Wildman–Crippen LogP) is 3.38. The second-order valence-electron chi connectivity index (χ2n) is 6.91. The third-order valence-corrected chi connectivity index (χ3v) is 5.00. The summed E-state index contributed by atoms with van der Waals surface area (Å²) in [5.41, 5.74) is 4.04. The molecule has 6 nitrogen and oxygen atoms in total. The number of aromatic nitrogens is 4. The molecular weight excluding hydrogens is 350 g/mol. The van der Waals surface area contributed by atoms with Gasteiger partial charge in [-0.05, 0) is 36.6 Å². The quantitative estimate of drug-likeness (QED) is 0.526. The number of aryl methyl sites for hydroxylation is 2. The van der Waals surface area contributed by atoms with E-state index in [1.165, 1.54) is 16.5 Å². The summed E-state index contributed by atoms with van der Waals surface area (Å²) in [5.74, 6) is 0.581. The maximum atomic E-state index is 12.3. The van der Waals surface area contributed by atoms with E-state index in [0.717, 1.165) is 24.9 Å². The largest absolute Gasteiger partial charge is 0.356 e. The highest BCUT2D eigenvalue weighted by molar-refractivity contribution is 5.83. The minimum Gasteiger partial charge on any atom is -0.356 e. The highest BCUT2D eigenvalue weighted by Crippen LogP contribution is 2.21. The highest BCUT2D eigenvalue weighted by atomic mass is 16.1. The van der Waals surface area contributed by atoms with E-state index in [1.54, 1.807) is 30.1 Å². The van der Waals surface area contributed by atoms with Crippen molar-refractivity contribution in [2.24, 2.45) is 14.1 Å². The molecule has 3 heterocycles. The van der Waals surface area contributed by atoms with Gasteiger partial charge in [-0.2, -0.15) is 0 Å². The molecule has 0 saturated carbocycles. The fraction of sp³-hybridized carbons (Fsp3) is 0.227. The number of para-hydroxylation sites is 1. The zero-order valence-electron chi connectivity index (χ0n) is 16.1. The summed E-state index contributed by atoms with van der Waals surface area (Å²) in [5, 5.41) is 4.62. The third-order valence-electron chi connectivity index (χ3n) is 5.00. The number of hydrogen-bond donors (Lipinski definition) is 1. The Morgan fingerprint density at radius 2 is 1.86 bits per heavy atom. The molecule has 0 amide bonds. The normalized spacial score (nSPS) is 11.1. The lowest BCUT2D eigenvalue weighted by Crippen LogP contribution is -2.22. The van der Waals surface area contributed by atoms with E-state index in [4.69, 9.17) is 0 Å². The average Bonchev–Trinajstić information content (AvgIpc) is 3.05. The predicted molar refractivity (Wildman–Crippen MR) is 112 cm³/mol. The molecule has 28 heavy (non-hydrogen) atoms. The topological polar surface area (TPSA) is 64.7 Å². The van der Waals surface area contributed by atoms with Crippen LogP contribution in [0, 0.1) is 0 Å². The number of nitrogens with zero attached hydrogens (tertiary/aromatic N) is 4. The first-order valence-electron chi connectivity index (χ1n) is 9.39. The van der Waals surface area contributed by atoms with Crippen molar-refractivity contribution in [1.82, 2.24) is 19.1 Å². The van der Waals surface area contributed by atoms with E-state index in [0.29, 0.717) is 11.6 Å². The molecule has 1 N–H and O–H groups in total. The molecule has 4 rings (SSSR count). The third kappa shape index (κ3) is 3.53. The van der Waals surface area contributed by atoms with Gasteiger partial charge in [0.2, 0.25) is 5.95 Å². The Morgan fingerprint density at radius 3 is 2.68 bits per heavy atom. The van der Waals surface area contributed by atoms with Gasteiger partial charge >= 0.3 is 0 Å². The fourth-order valence-electron chi connectivity index (χ4n) is 3.47. The van der Waals surface area contributed by atoms with Crippen molar-refractivity contribution in [2.45, 2.75) is 12.8 Å². The van der Waals surface area contributed by atoms with E-state index in [2.05, 4.69) is 57.4 Å². The van der Waals surface area contributed by atoms with Gasteiger partial charge in [-0.25, -0.2) is 4.98 Å². The molecule has 0 fully saturated rings. The zero-order valence-corrected chi connectivity index (χ0v) is 16.1. The van der Waals surface area contributed by atoms with E-state index in [-0.39, 0.29) is 5.56 Å². The van der Waals surface area contributed by atoms with Crippen LogP contribution >= 0.6 is 0 Å². The second kappa shape index (κ2) is 7.68. The molecule has 1 aromatic carbocycles. The fourth-order valence-corrected chi connectivity index (χ4v) is 3.47. The Kier molecular flexibility index (Phi) is 4.93. The summed E-state index contributed by atoms with van der Waals surface area (Å²) in [6.45, 7) is 0.739. The molecule has 0 spiro atoms. The standard InChI is InChI=1S/C22H23N5O/c1-26-15-17(18-7-3-4-8-20(18)26)6-5-11-24-22-25-19(14-21(28)27(22)2)16-9-12-23-13-10-16/h3-4,7-10,12-15H,5-6,11H2,1-2H3,(H,24,25). The van der Waals surface area contributed by atoms with Crippen LogP contribution in [0.25, 0.3) is 22.2 Å². The smallest absolute Gasteiger partial charge is 0.255 e. The molecule has 0 radical (unpaired) electrons. The van der Waals surface area contributed by atoms with E-state index >= 15 is 0 Å². The minimum absolute atomic E-state index is 0.0848. The Balaban J connectivity index is 1.46. The number of nitrogens with one attached hydrogen (secondary N) is 1. The number of rotatable bonds is 6. The lowest BCUT2D eigenvalue weighted by atomic mass is 10.1. The van der Waals surface area contributed by atoms with Gasteiger partial charge in [0.25, 0.3) is 5.56 Å². The Bertz CT molecular complexity index is 1160. The van der Waals surface area contributed by atoms with Crippen LogP contribution in [0.4, 0.5) is 5.95 Å². The molecule has 3 aromatic heterocycles. The van der Waals surface area contributed by atoms with Crippen molar-refractivity contribution < 1.29 is 0 Å². The van der Waals surface area contributed by atoms with Crippen molar-refractivity contribution in [3.8, 4) is 11.3 Å². The van der Waals surface area contributed by atoms with Crippen molar-refractivity contribution in [1.29, 1.82) is 0 Å². The maximum Gasteiger partial charge on any atom is 0.255 e. The van der Waals surface area contributed by atoms with Gasteiger partial charge < -0.3 is 9.88 Å². The lowest BCUT2D eigenvalue weighted by molar-refractivity contribution is 0.796. The van der Waals surface area contributed by atoms with Crippen LogP contribution in [0.2, 0.25) is 0 Å². The number of benzene rings is 1. The van der Waals surface area contributed by atoms with Crippen LogP contribution in [-0.4, -0.2) is 25.6 Å².